The first-order valence-corrected chi connectivity index (χ1v) is 9.59. The molecule has 24 heavy (non-hydrogen) atoms. The Balaban J connectivity index is 1.65. The van der Waals surface area contributed by atoms with E-state index in [1.54, 1.807) is 6.08 Å². The lowest BCUT2D eigenvalue weighted by Crippen LogP contribution is -2.17. The maximum atomic E-state index is 11.8. The number of sulfone groups is 1. The van der Waals surface area contributed by atoms with E-state index in [1.807, 2.05) is 54.6 Å². The van der Waals surface area contributed by atoms with Crippen LogP contribution >= 0.6 is 0 Å². The molecule has 0 bridgehead atoms. The second-order valence-corrected chi connectivity index (χ2v) is 8.02. The Morgan fingerprint density at radius 3 is 2.50 bits per heavy atom. The Labute approximate surface area is 141 Å². The molecule has 0 unspecified atom stereocenters. The van der Waals surface area contributed by atoms with E-state index in [2.05, 4.69) is 0 Å². The normalized spacial score (nSPS) is 19.4. The molecular formula is C19H18O4S. The summed E-state index contributed by atoms with van der Waals surface area (Å²) in [5.74, 6) is -0.494. The first-order chi connectivity index (χ1) is 11.5. The number of esters is 1. The average Bonchev–Trinajstić information content (AvgIpc) is 2.92. The number of ether oxygens (including phenoxy) is 1. The molecule has 2 aromatic carbocycles. The molecule has 0 aromatic heterocycles. The molecule has 1 aliphatic rings. The molecule has 1 heterocycles. The third-order valence-electron chi connectivity index (χ3n) is 3.88. The number of benzene rings is 2. The summed E-state index contributed by atoms with van der Waals surface area (Å²) < 4.78 is 27.9. The Kier molecular flexibility index (Phi) is 4.81. The van der Waals surface area contributed by atoms with Crippen LogP contribution in [0.15, 0.2) is 60.7 Å². The molecule has 3 rings (SSSR count). The lowest BCUT2D eigenvalue weighted by molar-refractivity contribution is -0.141. The fraction of sp³-hybridized carbons (Fsp3) is 0.211. The van der Waals surface area contributed by atoms with Gasteiger partial charge < -0.3 is 4.74 Å². The summed E-state index contributed by atoms with van der Waals surface area (Å²) in [6.07, 6.45) is 2.88. The van der Waals surface area contributed by atoms with Crippen molar-refractivity contribution >= 4 is 21.9 Å². The number of hydrogen-bond acceptors (Lipinski definition) is 4. The van der Waals surface area contributed by atoms with Gasteiger partial charge in [-0.3, -0.25) is 0 Å². The fourth-order valence-electron chi connectivity index (χ4n) is 2.67. The number of rotatable bonds is 4. The van der Waals surface area contributed by atoms with Gasteiger partial charge in [0.05, 0.1) is 11.5 Å². The topological polar surface area (TPSA) is 60.4 Å². The van der Waals surface area contributed by atoms with Crippen molar-refractivity contribution in [1.82, 2.24) is 0 Å². The zero-order valence-corrected chi connectivity index (χ0v) is 13.9. The summed E-state index contributed by atoms with van der Waals surface area (Å²) in [6.45, 7) is 0. The number of carbonyl (C=O) groups excluding carboxylic acids is 1. The van der Waals surface area contributed by atoms with Crippen LogP contribution in [0.25, 0.3) is 17.2 Å². The van der Waals surface area contributed by atoms with Crippen molar-refractivity contribution in [3.8, 4) is 11.1 Å². The van der Waals surface area contributed by atoms with Crippen molar-refractivity contribution in [1.29, 1.82) is 0 Å². The molecule has 5 heteroatoms. The van der Waals surface area contributed by atoms with E-state index in [0.29, 0.717) is 6.42 Å². The molecule has 0 aliphatic carbocycles. The standard InChI is InChI=1S/C19H18O4S/c20-19(23-18-11-12-24(21,22)14-18)10-9-15-5-4-8-17(13-15)16-6-2-1-3-7-16/h1-10,13,18H,11-12,14H2/b10-9-/t18-/m1/s1. The second kappa shape index (κ2) is 7.01. The summed E-state index contributed by atoms with van der Waals surface area (Å²) in [5, 5.41) is 0. The van der Waals surface area contributed by atoms with Crippen LogP contribution in [0, 0.1) is 0 Å². The Morgan fingerprint density at radius 1 is 1.04 bits per heavy atom. The molecule has 1 saturated heterocycles. The lowest BCUT2D eigenvalue weighted by atomic mass is 10.0. The van der Waals surface area contributed by atoms with Crippen molar-refractivity contribution in [3.63, 3.8) is 0 Å². The van der Waals surface area contributed by atoms with Gasteiger partial charge in [0.2, 0.25) is 0 Å². The van der Waals surface area contributed by atoms with Crippen molar-refractivity contribution < 1.29 is 17.9 Å². The van der Waals surface area contributed by atoms with E-state index in [0.717, 1.165) is 16.7 Å². The van der Waals surface area contributed by atoms with Gasteiger partial charge in [-0.05, 0) is 35.3 Å². The molecule has 0 saturated carbocycles. The highest BCUT2D eigenvalue weighted by Gasteiger charge is 2.30. The maximum Gasteiger partial charge on any atom is 0.331 e. The van der Waals surface area contributed by atoms with Crippen molar-refractivity contribution in [2.75, 3.05) is 11.5 Å². The first-order valence-electron chi connectivity index (χ1n) is 7.76. The quantitative estimate of drug-likeness (QED) is 0.633. The molecule has 0 radical (unpaired) electrons. The molecule has 124 valence electrons. The van der Waals surface area contributed by atoms with E-state index >= 15 is 0 Å². The maximum absolute atomic E-state index is 11.8. The monoisotopic (exact) mass is 342 g/mol. The van der Waals surface area contributed by atoms with Crippen LogP contribution < -0.4 is 0 Å². The predicted octanol–water partition coefficient (Wildman–Crippen LogP) is 3.10. The van der Waals surface area contributed by atoms with E-state index in [1.165, 1.54) is 6.08 Å². The van der Waals surface area contributed by atoms with Gasteiger partial charge in [0.15, 0.2) is 9.84 Å². The lowest BCUT2D eigenvalue weighted by Gasteiger charge is -2.07. The summed E-state index contributed by atoms with van der Waals surface area (Å²) in [6, 6.07) is 17.8. The smallest absolute Gasteiger partial charge is 0.331 e. The van der Waals surface area contributed by atoms with Gasteiger partial charge in [-0.15, -0.1) is 0 Å². The Hall–Kier alpha value is -2.40. The van der Waals surface area contributed by atoms with Crippen molar-refractivity contribution in [2.45, 2.75) is 12.5 Å². The van der Waals surface area contributed by atoms with Crippen LogP contribution in [-0.4, -0.2) is 32.0 Å². The van der Waals surface area contributed by atoms with Gasteiger partial charge in [0, 0.05) is 6.08 Å². The van der Waals surface area contributed by atoms with Gasteiger partial charge in [-0.1, -0.05) is 48.5 Å². The number of hydrogen-bond donors (Lipinski definition) is 0. The largest absolute Gasteiger partial charge is 0.458 e. The highest BCUT2D eigenvalue weighted by molar-refractivity contribution is 7.91. The zero-order valence-electron chi connectivity index (χ0n) is 13.1. The molecule has 1 fully saturated rings. The molecule has 0 spiro atoms. The minimum absolute atomic E-state index is 0.0733. The molecule has 1 atom stereocenters. The highest BCUT2D eigenvalue weighted by Crippen LogP contribution is 2.21. The second-order valence-electron chi connectivity index (χ2n) is 5.79. The summed E-state index contributed by atoms with van der Waals surface area (Å²) >= 11 is 0. The molecule has 1 aliphatic heterocycles. The Morgan fingerprint density at radius 2 is 1.79 bits per heavy atom. The Bertz CT molecular complexity index is 854. The zero-order chi connectivity index (χ0) is 17.0. The van der Waals surface area contributed by atoms with Gasteiger partial charge in [-0.2, -0.15) is 0 Å². The molecular weight excluding hydrogens is 324 g/mol. The van der Waals surface area contributed by atoms with Gasteiger partial charge >= 0.3 is 5.97 Å². The molecule has 0 amide bonds. The van der Waals surface area contributed by atoms with Crippen LogP contribution in [0.5, 0.6) is 0 Å². The third-order valence-corrected chi connectivity index (χ3v) is 5.62. The molecule has 0 N–H and O–H groups in total. The van der Waals surface area contributed by atoms with Gasteiger partial charge in [-0.25, -0.2) is 13.2 Å². The van der Waals surface area contributed by atoms with Gasteiger partial charge in [0.25, 0.3) is 0 Å². The summed E-state index contributed by atoms with van der Waals surface area (Å²) in [4.78, 5) is 11.8. The third kappa shape index (κ3) is 4.32. The summed E-state index contributed by atoms with van der Waals surface area (Å²) in [5.41, 5.74) is 3.05. The van der Waals surface area contributed by atoms with Crippen LogP contribution in [0.4, 0.5) is 0 Å². The molecule has 2 aromatic rings. The van der Waals surface area contributed by atoms with E-state index in [9.17, 15) is 13.2 Å². The molecule has 4 nitrogen and oxygen atoms in total. The summed E-state index contributed by atoms with van der Waals surface area (Å²) in [7, 11) is -3.05. The predicted molar refractivity (Wildman–Crippen MR) is 94.1 cm³/mol. The van der Waals surface area contributed by atoms with Crippen molar-refractivity contribution in [2.24, 2.45) is 0 Å². The van der Waals surface area contributed by atoms with E-state index < -0.39 is 21.9 Å². The first kappa shape index (κ1) is 16.5. The van der Waals surface area contributed by atoms with Crippen LogP contribution in [-0.2, 0) is 19.4 Å². The van der Waals surface area contributed by atoms with Gasteiger partial charge in [0.1, 0.15) is 6.10 Å². The average molecular weight is 342 g/mol. The highest BCUT2D eigenvalue weighted by atomic mass is 32.2. The number of carbonyl (C=O) groups is 1. The minimum atomic E-state index is -3.05. The SMILES string of the molecule is O=C(/C=C\c1cccc(-c2ccccc2)c1)O[C@@H]1CCS(=O)(=O)C1. The van der Waals surface area contributed by atoms with Crippen LogP contribution in [0.1, 0.15) is 12.0 Å². The minimum Gasteiger partial charge on any atom is -0.458 e. The van der Waals surface area contributed by atoms with Crippen LogP contribution in [0.3, 0.4) is 0 Å². The fourth-order valence-corrected chi connectivity index (χ4v) is 4.26. The van der Waals surface area contributed by atoms with Crippen molar-refractivity contribution in [3.05, 3.63) is 66.2 Å². The van der Waals surface area contributed by atoms with E-state index in [4.69, 9.17) is 4.74 Å². The van der Waals surface area contributed by atoms with E-state index in [-0.39, 0.29) is 11.5 Å². The van der Waals surface area contributed by atoms with Crippen LogP contribution in [0.2, 0.25) is 0 Å².